The molecule has 0 saturated carbocycles. The Bertz CT molecular complexity index is 1530. The van der Waals surface area contributed by atoms with E-state index in [1.807, 2.05) is 30.3 Å². The highest BCUT2D eigenvalue weighted by atomic mass is 16.5. The number of hydrogen-bond donors (Lipinski definition) is 1. The SMILES string of the molecule is CC[C@H]1CN2CCc3cc(OC)c(OC)cc3[C@@H]2C[C@@H]1C[C@@H]1c2cc(OC)c(OC)cc2CCN1C(=O)C(N)Cc1ccccc1. The van der Waals surface area contributed by atoms with Gasteiger partial charge in [0.05, 0.1) is 40.5 Å². The van der Waals surface area contributed by atoms with Gasteiger partial charge in [-0.15, -0.1) is 0 Å². The maximum Gasteiger partial charge on any atom is 0.240 e. The van der Waals surface area contributed by atoms with Crippen molar-refractivity contribution in [3.8, 4) is 23.0 Å². The Morgan fingerprint density at radius 2 is 1.41 bits per heavy atom. The molecule has 1 amide bonds. The summed E-state index contributed by atoms with van der Waals surface area (Å²) in [6, 6.07) is 18.2. The molecule has 3 aliphatic rings. The minimum atomic E-state index is -0.608. The van der Waals surface area contributed by atoms with Crippen molar-refractivity contribution in [3.63, 3.8) is 0 Å². The number of fused-ring (bicyclic) bond motifs is 4. The normalized spacial score (nSPS) is 23.0. The van der Waals surface area contributed by atoms with Gasteiger partial charge in [0, 0.05) is 25.7 Å². The van der Waals surface area contributed by atoms with Crippen LogP contribution in [-0.4, -0.2) is 69.8 Å². The predicted octanol–water partition coefficient (Wildman–Crippen LogP) is 5.75. The van der Waals surface area contributed by atoms with Crippen molar-refractivity contribution in [2.45, 2.75) is 63.6 Å². The highest BCUT2D eigenvalue weighted by Gasteiger charge is 2.42. The second-order valence-electron chi connectivity index (χ2n) is 13.1. The van der Waals surface area contributed by atoms with E-state index in [9.17, 15) is 4.79 Å². The summed E-state index contributed by atoms with van der Waals surface area (Å²) in [7, 11) is 6.76. The van der Waals surface area contributed by atoms with Crippen molar-refractivity contribution in [3.05, 3.63) is 82.4 Å². The molecule has 6 rings (SSSR count). The fourth-order valence-electron chi connectivity index (χ4n) is 8.26. The molecule has 0 aromatic heterocycles. The fourth-order valence-corrected chi connectivity index (χ4v) is 8.26. The van der Waals surface area contributed by atoms with Crippen LogP contribution in [0.2, 0.25) is 0 Å². The lowest BCUT2D eigenvalue weighted by atomic mass is 9.72. The predicted molar refractivity (Wildman–Crippen MR) is 180 cm³/mol. The summed E-state index contributed by atoms with van der Waals surface area (Å²) in [5, 5.41) is 0. The van der Waals surface area contributed by atoms with E-state index in [2.05, 4.69) is 41.0 Å². The Balaban J connectivity index is 1.34. The maximum atomic E-state index is 14.2. The topological polar surface area (TPSA) is 86.5 Å². The van der Waals surface area contributed by atoms with Crippen LogP contribution in [0, 0.1) is 11.8 Å². The number of piperidine rings is 1. The number of rotatable bonds is 10. The molecule has 0 spiro atoms. The van der Waals surface area contributed by atoms with E-state index >= 15 is 0 Å². The molecule has 246 valence electrons. The molecule has 8 heteroatoms. The smallest absolute Gasteiger partial charge is 0.240 e. The van der Waals surface area contributed by atoms with Crippen molar-refractivity contribution in [1.29, 1.82) is 0 Å². The van der Waals surface area contributed by atoms with Crippen LogP contribution in [0.1, 0.15) is 66.1 Å². The van der Waals surface area contributed by atoms with Gasteiger partial charge in [0.2, 0.25) is 5.91 Å². The Morgan fingerprint density at radius 1 is 0.826 bits per heavy atom. The van der Waals surface area contributed by atoms with Gasteiger partial charge < -0.3 is 29.6 Å². The summed E-state index contributed by atoms with van der Waals surface area (Å²) in [4.78, 5) is 19.0. The number of hydrogen-bond acceptors (Lipinski definition) is 7. The molecule has 1 unspecified atom stereocenters. The Morgan fingerprint density at radius 3 is 2.04 bits per heavy atom. The summed E-state index contributed by atoms with van der Waals surface area (Å²) in [6.07, 6.45) is 5.27. The lowest BCUT2D eigenvalue weighted by molar-refractivity contribution is -0.136. The first-order valence-corrected chi connectivity index (χ1v) is 16.7. The van der Waals surface area contributed by atoms with Crippen molar-refractivity contribution in [2.75, 3.05) is 48.1 Å². The van der Waals surface area contributed by atoms with Gasteiger partial charge in [-0.1, -0.05) is 43.7 Å². The molecule has 3 aromatic rings. The third-order valence-corrected chi connectivity index (χ3v) is 10.7. The van der Waals surface area contributed by atoms with Crippen LogP contribution in [0.5, 0.6) is 23.0 Å². The minimum Gasteiger partial charge on any atom is -0.493 e. The summed E-state index contributed by atoms with van der Waals surface area (Å²) < 4.78 is 22.8. The van der Waals surface area contributed by atoms with Crippen molar-refractivity contribution >= 4 is 5.91 Å². The van der Waals surface area contributed by atoms with Gasteiger partial charge in [-0.2, -0.15) is 0 Å². The number of nitrogens with zero attached hydrogens (tertiary/aromatic N) is 2. The van der Waals surface area contributed by atoms with Crippen molar-refractivity contribution < 1.29 is 23.7 Å². The standard InChI is InChI=1S/C38H49N3O5/c1-6-25-23-40-14-12-26-19-34(43-2)36(45-4)21-29(26)32(40)17-28(25)18-33-30-22-37(46-5)35(44-3)20-27(30)13-15-41(33)38(42)31(39)16-24-10-8-7-9-11-24/h7-11,19-22,25,28,31-33H,6,12-18,23,39H2,1-5H3/t25-,28+,31?,32-,33+/m0/s1. The van der Waals surface area contributed by atoms with Crippen LogP contribution >= 0.6 is 0 Å². The van der Waals surface area contributed by atoms with E-state index in [4.69, 9.17) is 24.7 Å². The average molecular weight is 628 g/mol. The Hall–Kier alpha value is -3.75. The highest BCUT2D eigenvalue weighted by molar-refractivity contribution is 5.83. The zero-order chi connectivity index (χ0) is 32.4. The lowest BCUT2D eigenvalue weighted by Crippen LogP contribution is -2.51. The van der Waals surface area contributed by atoms with E-state index in [0.29, 0.717) is 36.6 Å². The molecule has 3 aromatic carbocycles. The largest absolute Gasteiger partial charge is 0.493 e. The van der Waals surface area contributed by atoms with Crippen LogP contribution in [0.15, 0.2) is 54.6 Å². The molecular formula is C38H49N3O5. The van der Waals surface area contributed by atoms with Crippen LogP contribution < -0.4 is 24.7 Å². The number of carbonyl (C=O) groups is 1. The number of carbonyl (C=O) groups excluding carboxylic acids is 1. The van der Waals surface area contributed by atoms with E-state index in [1.165, 1.54) is 16.7 Å². The van der Waals surface area contributed by atoms with Crippen molar-refractivity contribution in [1.82, 2.24) is 9.80 Å². The van der Waals surface area contributed by atoms with Crippen LogP contribution in [0.3, 0.4) is 0 Å². The van der Waals surface area contributed by atoms with Crippen molar-refractivity contribution in [2.24, 2.45) is 17.6 Å². The maximum absolute atomic E-state index is 14.2. The zero-order valence-corrected chi connectivity index (χ0v) is 28.0. The summed E-state index contributed by atoms with van der Waals surface area (Å²) in [5.74, 6) is 3.94. The van der Waals surface area contributed by atoms with Crippen LogP contribution in [0.25, 0.3) is 0 Å². The van der Waals surface area contributed by atoms with Gasteiger partial charge in [0.15, 0.2) is 23.0 Å². The van der Waals surface area contributed by atoms with Gasteiger partial charge in [-0.25, -0.2) is 0 Å². The van der Waals surface area contributed by atoms with Gasteiger partial charge >= 0.3 is 0 Å². The zero-order valence-electron chi connectivity index (χ0n) is 28.0. The molecule has 0 aliphatic carbocycles. The first-order valence-electron chi connectivity index (χ1n) is 16.7. The first kappa shape index (κ1) is 32.2. The van der Waals surface area contributed by atoms with Crippen LogP contribution in [-0.2, 0) is 24.1 Å². The third-order valence-electron chi connectivity index (χ3n) is 10.7. The molecule has 0 bridgehead atoms. The van der Waals surface area contributed by atoms with E-state index in [1.54, 1.807) is 28.4 Å². The number of amides is 1. The summed E-state index contributed by atoms with van der Waals surface area (Å²) in [6.45, 7) is 5.03. The molecular weight excluding hydrogens is 578 g/mol. The molecule has 46 heavy (non-hydrogen) atoms. The van der Waals surface area contributed by atoms with Gasteiger partial charge in [-0.3, -0.25) is 9.69 Å². The molecule has 3 aliphatic heterocycles. The third kappa shape index (κ3) is 6.17. The second-order valence-corrected chi connectivity index (χ2v) is 13.1. The molecule has 2 N–H and O–H groups in total. The number of ether oxygens (including phenoxy) is 4. The number of methoxy groups -OCH3 is 4. The number of benzene rings is 3. The second kappa shape index (κ2) is 13.9. The summed E-state index contributed by atoms with van der Waals surface area (Å²) >= 11 is 0. The fraction of sp³-hybridized carbons (Fsp3) is 0.500. The average Bonchev–Trinajstić information content (AvgIpc) is 3.10. The minimum absolute atomic E-state index is 0.0135. The quantitative estimate of drug-likeness (QED) is 0.306. The molecule has 1 saturated heterocycles. The lowest BCUT2D eigenvalue weighted by Gasteiger charge is -2.49. The van der Waals surface area contributed by atoms with E-state index in [0.717, 1.165) is 73.6 Å². The van der Waals surface area contributed by atoms with E-state index < -0.39 is 6.04 Å². The summed E-state index contributed by atoms with van der Waals surface area (Å²) in [5.41, 5.74) is 12.8. The first-order chi connectivity index (χ1) is 22.4. The van der Waals surface area contributed by atoms with E-state index in [-0.39, 0.29) is 11.9 Å². The Kier molecular flexibility index (Phi) is 9.76. The van der Waals surface area contributed by atoms with Gasteiger partial charge in [0.1, 0.15) is 0 Å². The highest BCUT2D eigenvalue weighted by Crippen LogP contribution is 2.49. The molecule has 0 radical (unpaired) electrons. The van der Waals surface area contributed by atoms with Gasteiger partial charge in [0.25, 0.3) is 0 Å². The van der Waals surface area contributed by atoms with Crippen LogP contribution in [0.4, 0.5) is 0 Å². The molecule has 3 heterocycles. The monoisotopic (exact) mass is 627 g/mol. The molecule has 8 nitrogen and oxygen atoms in total. The molecule has 1 fully saturated rings. The van der Waals surface area contributed by atoms with Gasteiger partial charge in [-0.05, 0) is 96.0 Å². The molecule has 5 atom stereocenters. The Labute approximate surface area is 273 Å². The number of nitrogens with two attached hydrogens (primary N) is 1.